The number of carbonyl (C=O) groups excluding carboxylic acids is 1. The highest BCUT2D eigenvalue weighted by molar-refractivity contribution is 5.84. The molecule has 0 saturated carbocycles. The standard InChI is InChI=1S/C12H20N4O2/c1-8(2)10-14-12(18-15-10)13-9-6-4-5-7-16(3)11(9)17/h8-9H,4-7H2,1-3H3,(H,13,14,15)/t9-/m1/s1. The first-order valence-electron chi connectivity index (χ1n) is 6.43. The van der Waals surface area contributed by atoms with E-state index in [1.165, 1.54) is 0 Å². The molecule has 6 heteroatoms. The molecule has 0 bridgehead atoms. The van der Waals surface area contributed by atoms with Crippen LogP contribution in [0.15, 0.2) is 4.52 Å². The van der Waals surface area contributed by atoms with E-state index in [2.05, 4.69) is 15.5 Å². The molecule has 18 heavy (non-hydrogen) atoms. The van der Waals surface area contributed by atoms with Crippen LogP contribution >= 0.6 is 0 Å². The fraction of sp³-hybridized carbons (Fsp3) is 0.750. The Kier molecular flexibility index (Phi) is 3.84. The van der Waals surface area contributed by atoms with Crippen LogP contribution in [-0.2, 0) is 4.79 Å². The highest BCUT2D eigenvalue weighted by atomic mass is 16.5. The van der Waals surface area contributed by atoms with E-state index >= 15 is 0 Å². The van der Waals surface area contributed by atoms with Crippen molar-refractivity contribution in [2.24, 2.45) is 0 Å². The fourth-order valence-electron chi connectivity index (χ4n) is 2.01. The van der Waals surface area contributed by atoms with Gasteiger partial charge in [-0.05, 0) is 19.3 Å². The number of nitrogens with one attached hydrogen (secondary N) is 1. The number of nitrogens with zero attached hydrogens (tertiary/aromatic N) is 3. The molecule has 0 radical (unpaired) electrons. The first-order valence-corrected chi connectivity index (χ1v) is 6.43. The minimum Gasteiger partial charge on any atom is -0.344 e. The average molecular weight is 252 g/mol. The summed E-state index contributed by atoms with van der Waals surface area (Å²) in [5.74, 6) is 0.973. The third-order valence-corrected chi connectivity index (χ3v) is 3.17. The number of hydrogen-bond donors (Lipinski definition) is 1. The Hall–Kier alpha value is -1.59. The average Bonchev–Trinajstić information content (AvgIpc) is 2.74. The van der Waals surface area contributed by atoms with E-state index in [0.717, 1.165) is 25.8 Å². The number of carbonyl (C=O) groups is 1. The molecule has 1 fully saturated rings. The van der Waals surface area contributed by atoms with E-state index in [9.17, 15) is 4.79 Å². The molecule has 0 unspecified atom stereocenters. The summed E-state index contributed by atoms with van der Waals surface area (Å²) in [4.78, 5) is 18.1. The van der Waals surface area contributed by atoms with Crippen LogP contribution in [0.4, 0.5) is 6.01 Å². The molecule has 1 aliphatic rings. The van der Waals surface area contributed by atoms with Gasteiger partial charge in [0, 0.05) is 19.5 Å². The van der Waals surface area contributed by atoms with Crippen LogP contribution in [0.1, 0.15) is 44.9 Å². The van der Waals surface area contributed by atoms with Crippen LogP contribution in [0.3, 0.4) is 0 Å². The van der Waals surface area contributed by atoms with E-state index < -0.39 is 0 Å². The second-order valence-electron chi connectivity index (χ2n) is 5.06. The van der Waals surface area contributed by atoms with Crippen LogP contribution in [0.2, 0.25) is 0 Å². The Morgan fingerprint density at radius 2 is 2.22 bits per heavy atom. The summed E-state index contributed by atoms with van der Waals surface area (Å²) in [6, 6.07) is 0.0883. The maximum Gasteiger partial charge on any atom is 0.322 e. The third-order valence-electron chi connectivity index (χ3n) is 3.17. The molecule has 1 saturated heterocycles. The molecule has 0 aromatic carbocycles. The number of aromatic nitrogens is 2. The Morgan fingerprint density at radius 3 is 2.89 bits per heavy atom. The van der Waals surface area contributed by atoms with Gasteiger partial charge in [-0.2, -0.15) is 4.98 Å². The van der Waals surface area contributed by atoms with E-state index in [4.69, 9.17) is 4.52 Å². The van der Waals surface area contributed by atoms with Crippen LogP contribution in [0, 0.1) is 0 Å². The van der Waals surface area contributed by atoms with E-state index in [0.29, 0.717) is 11.8 Å². The molecule has 1 N–H and O–H groups in total. The van der Waals surface area contributed by atoms with Crippen LogP contribution in [-0.4, -0.2) is 40.6 Å². The summed E-state index contributed by atoms with van der Waals surface area (Å²) in [7, 11) is 1.83. The maximum atomic E-state index is 12.1. The fourth-order valence-corrected chi connectivity index (χ4v) is 2.01. The van der Waals surface area contributed by atoms with E-state index in [1.807, 2.05) is 20.9 Å². The van der Waals surface area contributed by atoms with E-state index in [1.54, 1.807) is 4.90 Å². The molecule has 2 rings (SSSR count). The van der Waals surface area contributed by atoms with Gasteiger partial charge >= 0.3 is 6.01 Å². The lowest BCUT2D eigenvalue weighted by atomic mass is 10.1. The molecule has 0 aliphatic carbocycles. The first kappa shape index (κ1) is 12.9. The molecule has 0 spiro atoms. The Balaban J connectivity index is 2.04. The maximum absolute atomic E-state index is 12.1. The van der Waals surface area contributed by atoms with Crippen LogP contribution < -0.4 is 5.32 Å². The number of anilines is 1. The molecular weight excluding hydrogens is 232 g/mol. The summed E-state index contributed by atoms with van der Waals surface area (Å²) < 4.78 is 5.11. The lowest BCUT2D eigenvalue weighted by molar-refractivity contribution is -0.130. The van der Waals surface area contributed by atoms with Crippen molar-refractivity contribution in [3.8, 4) is 0 Å². The second-order valence-corrected chi connectivity index (χ2v) is 5.06. The zero-order chi connectivity index (χ0) is 13.1. The van der Waals surface area contributed by atoms with Crippen LogP contribution in [0.25, 0.3) is 0 Å². The number of rotatable bonds is 3. The van der Waals surface area contributed by atoms with Crippen molar-refractivity contribution in [1.29, 1.82) is 0 Å². The van der Waals surface area contributed by atoms with Crippen molar-refractivity contribution in [1.82, 2.24) is 15.0 Å². The molecule has 100 valence electrons. The van der Waals surface area contributed by atoms with Gasteiger partial charge < -0.3 is 14.7 Å². The molecular formula is C12H20N4O2. The number of likely N-dealkylation sites (N-methyl/N-ethyl adjacent to an activating group) is 1. The summed E-state index contributed by atoms with van der Waals surface area (Å²) in [6.07, 6.45) is 2.88. The Morgan fingerprint density at radius 1 is 1.44 bits per heavy atom. The zero-order valence-electron chi connectivity index (χ0n) is 11.1. The third kappa shape index (κ3) is 2.80. The van der Waals surface area contributed by atoms with Gasteiger partial charge in [0.2, 0.25) is 5.91 Å². The number of amides is 1. The number of likely N-dealkylation sites (tertiary alicyclic amines) is 1. The molecule has 6 nitrogen and oxygen atoms in total. The van der Waals surface area contributed by atoms with Crippen molar-refractivity contribution in [2.45, 2.75) is 45.1 Å². The Labute approximate surface area is 107 Å². The van der Waals surface area contributed by atoms with Gasteiger partial charge in [0.05, 0.1) is 0 Å². The van der Waals surface area contributed by atoms with Gasteiger partial charge in [0.25, 0.3) is 0 Å². The summed E-state index contributed by atoms with van der Waals surface area (Å²) >= 11 is 0. The van der Waals surface area contributed by atoms with Gasteiger partial charge in [-0.25, -0.2) is 0 Å². The van der Waals surface area contributed by atoms with Crippen molar-refractivity contribution >= 4 is 11.9 Å². The molecule has 1 aliphatic heterocycles. The normalized spacial score (nSPS) is 21.2. The lowest BCUT2D eigenvalue weighted by Crippen LogP contribution is -2.39. The zero-order valence-corrected chi connectivity index (χ0v) is 11.1. The minimum atomic E-state index is -0.252. The van der Waals surface area contributed by atoms with Crippen molar-refractivity contribution < 1.29 is 9.32 Å². The molecule has 1 atom stereocenters. The van der Waals surface area contributed by atoms with E-state index in [-0.39, 0.29) is 17.9 Å². The van der Waals surface area contributed by atoms with Gasteiger partial charge in [0.1, 0.15) is 6.04 Å². The topological polar surface area (TPSA) is 71.3 Å². The van der Waals surface area contributed by atoms with Crippen molar-refractivity contribution in [2.75, 3.05) is 18.9 Å². The van der Waals surface area contributed by atoms with Gasteiger partial charge in [-0.3, -0.25) is 4.79 Å². The monoisotopic (exact) mass is 252 g/mol. The summed E-state index contributed by atoms with van der Waals surface area (Å²) in [5.41, 5.74) is 0. The van der Waals surface area contributed by atoms with Gasteiger partial charge in [-0.15, -0.1) is 0 Å². The second kappa shape index (κ2) is 5.37. The lowest BCUT2D eigenvalue weighted by Gasteiger charge is -2.19. The molecule has 1 amide bonds. The van der Waals surface area contributed by atoms with Gasteiger partial charge in [0.15, 0.2) is 5.82 Å². The quantitative estimate of drug-likeness (QED) is 0.885. The van der Waals surface area contributed by atoms with Crippen molar-refractivity contribution in [3.63, 3.8) is 0 Å². The SMILES string of the molecule is CC(C)c1noc(N[C@@H]2CCCCN(C)C2=O)n1. The van der Waals surface area contributed by atoms with Gasteiger partial charge in [-0.1, -0.05) is 19.0 Å². The molecule has 2 heterocycles. The molecule has 1 aromatic rings. The first-order chi connectivity index (χ1) is 8.58. The summed E-state index contributed by atoms with van der Waals surface area (Å²) in [5, 5.41) is 6.92. The Bertz CT molecular complexity index is 416. The highest BCUT2D eigenvalue weighted by Crippen LogP contribution is 2.17. The predicted molar refractivity (Wildman–Crippen MR) is 67.3 cm³/mol. The van der Waals surface area contributed by atoms with Crippen LogP contribution in [0.5, 0.6) is 0 Å². The summed E-state index contributed by atoms with van der Waals surface area (Å²) in [6.45, 7) is 4.82. The highest BCUT2D eigenvalue weighted by Gasteiger charge is 2.26. The largest absolute Gasteiger partial charge is 0.344 e. The minimum absolute atomic E-state index is 0.0943. The smallest absolute Gasteiger partial charge is 0.322 e. The van der Waals surface area contributed by atoms with Crippen molar-refractivity contribution in [3.05, 3.63) is 5.82 Å². The predicted octanol–water partition coefficient (Wildman–Crippen LogP) is 1.62. The number of hydrogen-bond acceptors (Lipinski definition) is 5. The molecule has 1 aromatic heterocycles.